The topological polar surface area (TPSA) is 111 Å². The Balaban J connectivity index is 1.98. The van der Waals surface area contributed by atoms with E-state index in [0.717, 1.165) is 17.0 Å². The molecule has 162 valence electrons. The normalized spacial score (nSPS) is 14.7. The number of rotatable bonds is 8. The van der Waals surface area contributed by atoms with Crippen molar-refractivity contribution < 1.29 is 24.0 Å². The van der Waals surface area contributed by atoms with Gasteiger partial charge in [-0.3, -0.25) is 25.1 Å². The molecule has 1 aliphatic heterocycles. The Bertz CT molecular complexity index is 1050. The van der Waals surface area contributed by atoms with E-state index in [1.807, 2.05) is 26.0 Å². The molecule has 0 radical (unpaired) electrons. The highest BCUT2D eigenvalue weighted by Crippen LogP contribution is 2.39. The molecule has 0 spiro atoms. The van der Waals surface area contributed by atoms with Gasteiger partial charge in [-0.1, -0.05) is 26.0 Å². The molecule has 0 bridgehead atoms. The molecule has 0 aliphatic carbocycles. The van der Waals surface area contributed by atoms with Crippen LogP contribution in [0.3, 0.4) is 0 Å². The standard InChI is InChI=1S/C22H23N3O6/c1-4-10-31-20-18(25(28)29)12-15(13-19(20)30-3)11-17-21(26)23-24(22(17)27)16-8-6-14(5-2)7-9-16/h6-9,11-13H,4-5,10H2,1-3H3,(H,23,26)/b17-11-. The Morgan fingerprint density at radius 3 is 2.45 bits per heavy atom. The Labute approximate surface area is 179 Å². The maximum absolute atomic E-state index is 12.8. The number of benzene rings is 2. The number of nitrogens with one attached hydrogen (secondary N) is 1. The maximum atomic E-state index is 12.8. The predicted octanol–water partition coefficient (Wildman–Crippen LogP) is 3.42. The molecule has 0 saturated carbocycles. The SMILES string of the molecule is CCCOc1c(OC)cc(/C=C2/C(=O)NN(c3ccc(CC)cc3)C2=O)cc1[N+](=O)[O-]. The molecule has 2 aromatic rings. The zero-order valence-corrected chi connectivity index (χ0v) is 17.5. The van der Waals surface area contributed by atoms with E-state index in [0.29, 0.717) is 12.1 Å². The fourth-order valence-electron chi connectivity index (χ4n) is 3.11. The first-order chi connectivity index (χ1) is 14.9. The lowest BCUT2D eigenvalue weighted by Gasteiger charge is -2.14. The van der Waals surface area contributed by atoms with Crippen molar-refractivity contribution in [3.05, 3.63) is 63.2 Å². The van der Waals surface area contributed by atoms with Crippen molar-refractivity contribution in [3.63, 3.8) is 0 Å². The van der Waals surface area contributed by atoms with E-state index in [9.17, 15) is 19.7 Å². The Morgan fingerprint density at radius 1 is 1.16 bits per heavy atom. The first-order valence-electron chi connectivity index (χ1n) is 9.84. The van der Waals surface area contributed by atoms with Gasteiger partial charge in [0.2, 0.25) is 5.75 Å². The summed E-state index contributed by atoms with van der Waals surface area (Å²) in [7, 11) is 1.36. The van der Waals surface area contributed by atoms with Gasteiger partial charge in [-0.25, -0.2) is 5.01 Å². The Kier molecular flexibility index (Phi) is 6.54. The summed E-state index contributed by atoms with van der Waals surface area (Å²) in [6, 6.07) is 9.98. The number of amides is 2. The molecule has 1 heterocycles. The molecule has 9 nitrogen and oxygen atoms in total. The van der Waals surface area contributed by atoms with Crippen LogP contribution < -0.4 is 19.9 Å². The van der Waals surface area contributed by atoms with Crippen LogP contribution in [0.2, 0.25) is 0 Å². The third-order valence-electron chi connectivity index (χ3n) is 4.73. The van der Waals surface area contributed by atoms with E-state index in [4.69, 9.17) is 9.47 Å². The fourth-order valence-corrected chi connectivity index (χ4v) is 3.11. The monoisotopic (exact) mass is 425 g/mol. The molecule has 0 aromatic heterocycles. The average Bonchev–Trinajstić information content (AvgIpc) is 3.05. The second-order valence-corrected chi connectivity index (χ2v) is 6.84. The van der Waals surface area contributed by atoms with Crippen LogP contribution in [0.25, 0.3) is 6.08 Å². The molecule has 0 atom stereocenters. The van der Waals surface area contributed by atoms with Crippen molar-refractivity contribution >= 4 is 29.3 Å². The summed E-state index contributed by atoms with van der Waals surface area (Å²) < 4.78 is 10.7. The Hall–Kier alpha value is -3.88. The number of nitrogens with zero attached hydrogens (tertiary/aromatic N) is 2. The summed E-state index contributed by atoms with van der Waals surface area (Å²) in [5.41, 5.74) is 3.96. The molecule has 3 rings (SSSR count). The average molecular weight is 425 g/mol. The molecule has 1 fully saturated rings. The van der Waals surface area contributed by atoms with E-state index in [1.54, 1.807) is 12.1 Å². The van der Waals surface area contributed by atoms with Crippen molar-refractivity contribution in [3.8, 4) is 11.5 Å². The number of nitro groups is 1. The minimum absolute atomic E-state index is 0.0105. The number of aryl methyl sites for hydroxylation is 1. The zero-order chi connectivity index (χ0) is 22.5. The van der Waals surface area contributed by atoms with Crippen molar-refractivity contribution in [2.75, 3.05) is 18.7 Å². The van der Waals surface area contributed by atoms with Crippen LogP contribution in [0.1, 0.15) is 31.4 Å². The number of hydrazine groups is 1. The second-order valence-electron chi connectivity index (χ2n) is 6.84. The first-order valence-corrected chi connectivity index (χ1v) is 9.84. The molecule has 0 unspecified atom stereocenters. The predicted molar refractivity (Wildman–Crippen MR) is 115 cm³/mol. The van der Waals surface area contributed by atoms with Crippen LogP contribution in [0, 0.1) is 10.1 Å². The molecular weight excluding hydrogens is 402 g/mol. The van der Waals surface area contributed by atoms with Crippen LogP contribution in [0.15, 0.2) is 42.0 Å². The van der Waals surface area contributed by atoms with Gasteiger partial charge in [-0.2, -0.15) is 0 Å². The molecule has 1 N–H and O–H groups in total. The maximum Gasteiger partial charge on any atom is 0.315 e. The van der Waals surface area contributed by atoms with Gasteiger partial charge in [0.05, 0.1) is 24.3 Å². The van der Waals surface area contributed by atoms with E-state index in [2.05, 4.69) is 5.43 Å². The lowest BCUT2D eigenvalue weighted by atomic mass is 10.1. The summed E-state index contributed by atoms with van der Waals surface area (Å²) in [6.45, 7) is 4.18. The van der Waals surface area contributed by atoms with E-state index < -0.39 is 16.7 Å². The van der Waals surface area contributed by atoms with Crippen molar-refractivity contribution in [2.45, 2.75) is 26.7 Å². The smallest absolute Gasteiger partial charge is 0.315 e. The minimum atomic E-state index is -0.600. The number of ether oxygens (including phenoxy) is 2. The van der Waals surface area contributed by atoms with Crippen LogP contribution in [0.4, 0.5) is 11.4 Å². The number of methoxy groups -OCH3 is 1. The van der Waals surface area contributed by atoms with Gasteiger partial charge in [-0.15, -0.1) is 0 Å². The van der Waals surface area contributed by atoms with Crippen LogP contribution in [-0.2, 0) is 16.0 Å². The summed E-state index contributed by atoms with van der Waals surface area (Å²) in [4.78, 5) is 36.3. The van der Waals surface area contributed by atoms with Gasteiger partial charge >= 0.3 is 5.69 Å². The number of anilines is 1. The van der Waals surface area contributed by atoms with Crippen LogP contribution in [0.5, 0.6) is 11.5 Å². The molecule has 1 saturated heterocycles. The number of carbonyl (C=O) groups is 2. The first kappa shape index (κ1) is 21.8. The van der Waals surface area contributed by atoms with Crippen LogP contribution in [-0.4, -0.2) is 30.5 Å². The number of carbonyl (C=O) groups excluding carboxylic acids is 2. The van der Waals surface area contributed by atoms with Crippen molar-refractivity contribution in [2.24, 2.45) is 0 Å². The van der Waals surface area contributed by atoms with E-state index >= 15 is 0 Å². The van der Waals surface area contributed by atoms with Gasteiger partial charge in [0.15, 0.2) is 5.75 Å². The molecule has 31 heavy (non-hydrogen) atoms. The summed E-state index contributed by atoms with van der Waals surface area (Å²) in [6.07, 6.45) is 2.82. The molecule has 2 amide bonds. The van der Waals surface area contributed by atoms with E-state index in [1.165, 1.54) is 25.3 Å². The van der Waals surface area contributed by atoms with Crippen LogP contribution >= 0.6 is 0 Å². The third kappa shape index (κ3) is 4.50. The van der Waals surface area contributed by atoms with Gasteiger partial charge in [0.25, 0.3) is 11.8 Å². The largest absolute Gasteiger partial charge is 0.493 e. The Morgan fingerprint density at radius 2 is 1.87 bits per heavy atom. The second kappa shape index (κ2) is 9.29. The minimum Gasteiger partial charge on any atom is -0.493 e. The summed E-state index contributed by atoms with van der Waals surface area (Å²) in [5.74, 6) is -0.997. The van der Waals surface area contributed by atoms with Gasteiger partial charge in [-0.05, 0) is 48.2 Å². The van der Waals surface area contributed by atoms with E-state index in [-0.39, 0.29) is 34.9 Å². The zero-order valence-electron chi connectivity index (χ0n) is 17.5. The fraction of sp³-hybridized carbons (Fsp3) is 0.273. The highest BCUT2D eigenvalue weighted by Gasteiger charge is 2.35. The van der Waals surface area contributed by atoms with Gasteiger partial charge in [0, 0.05) is 6.07 Å². The number of nitro benzene ring substituents is 1. The quantitative estimate of drug-likeness (QED) is 0.300. The number of hydrogen-bond donors (Lipinski definition) is 1. The summed E-state index contributed by atoms with van der Waals surface area (Å²) >= 11 is 0. The lowest BCUT2D eigenvalue weighted by molar-refractivity contribution is -0.386. The van der Waals surface area contributed by atoms with Gasteiger partial charge < -0.3 is 9.47 Å². The highest BCUT2D eigenvalue weighted by molar-refractivity contribution is 6.31. The van der Waals surface area contributed by atoms with Crippen molar-refractivity contribution in [1.82, 2.24) is 5.43 Å². The van der Waals surface area contributed by atoms with Crippen molar-refractivity contribution in [1.29, 1.82) is 0 Å². The molecule has 1 aliphatic rings. The van der Waals surface area contributed by atoms with Gasteiger partial charge in [0.1, 0.15) is 5.57 Å². The molecule has 9 heteroatoms. The number of hydrogen-bond acceptors (Lipinski definition) is 6. The highest BCUT2D eigenvalue weighted by atomic mass is 16.6. The summed E-state index contributed by atoms with van der Waals surface area (Å²) in [5, 5.41) is 12.7. The molecule has 2 aromatic carbocycles. The lowest BCUT2D eigenvalue weighted by Crippen LogP contribution is -2.35. The molecular formula is C22H23N3O6. The third-order valence-corrected chi connectivity index (χ3v) is 4.73.